The van der Waals surface area contributed by atoms with Crippen molar-refractivity contribution < 1.29 is 22.4 Å². The summed E-state index contributed by atoms with van der Waals surface area (Å²) in [5.41, 5.74) is 0.377. The number of imide groups is 1. The van der Waals surface area contributed by atoms with E-state index in [1.807, 2.05) is 0 Å². The summed E-state index contributed by atoms with van der Waals surface area (Å²) in [6.45, 7) is 0.535. The summed E-state index contributed by atoms with van der Waals surface area (Å²) in [7, 11) is -3.64. The third kappa shape index (κ3) is 4.83. The fourth-order valence-electron chi connectivity index (χ4n) is 3.92. The van der Waals surface area contributed by atoms with E-state index < -0.39 is 10.0 Å². The van der Waals surface area contributed by atoms with Gasteiger partial charge in [-0.1, -0.05) is 23.5 Å². The number of hydrogen-bond acceptors (Lipinski definition) is 7. The Labute approximate surface area is 184 Å². The summed E-state index contributed by atoms with van der Waals surface area (Å²) in [6, 6.07) is 6.34. The normalized spacial score (nSPS) is 20.9. The van der Waals surface area contributed by atoms with Gasteiger partial charge in [0, 0.05) is 44.0 Å². The molecule has 1 aromatic heterocycles. The summed E-state index contributed by atoms with van der Waals surface area (Å²) in [6.07, 6.45) is 2.50. The van der Waals surface area contributed by atoms with Crippen molar-refractivity contribution in [3.05, 3.63) is 35.1 Å². The standard InChI is InChI=1S/C20H23FN4O4S2/c21-16-7-2-1-6-15(16)20-23-22-19(30-20)14-5-4-10-24(13-14)31(28,29)12-11-25-17(26)8-3-9-18(25)27/h1-2,6-7,14H,3-5,8-13H2/t14-/m1/s1. The first-order valence-corrected chi connectivity index (χ1v) is 12.7. The zero-order chi connectivity index (χ0) is 22.0. The van der Waals surface area contributed by atoms with Crippen LogP contribution in [0.1, 0.15) is 43.0 Å². The van der Waals surface area contributed by atoms with Gasteiger partial charge >= 0.3 is 0 Å². The number of sulfonamides is 1. The van der Waals surface area contributed by atoms with Gasteiger partial charge in [0.05, 0.1) is 5.75 Å². The van der Waals surface area contributed by atoms with Gasteiger partial charge in [0.15, 0.2) is 5.01 Å². The number of hydrogen-bond donors (Lipinski definition) is 0. The molecule has 0 spiro atoms. The molecule has 2 fully saturated rings. The molecule has 0 N–H and O–H groups in total. The van der Waals surface area contributed by atoms with Crippen LogP contribution >= 0.6 is 11.3 Å². The third-order valence-corrected chi connectivity index (χ3v) is 8.56. The van der Waals surface area contributed by atoms with Crippen LogP contribution in [0.4, 0.5) is 4.39 Å². The van der Waals surface area contributed by atoms with Gasteiger partial charge in [0.25, 0.3) is 0 Å². The fraction of sp³-hybridized carbons (Fsp3) is 0.500. The molecular weight excluding hydrogens is 443 g/mol. The smallest absolute Gasteiger partial charge is 0.229 e. The number of aromatic nitrogens is 2. The van der Waals surface area contributed by atoms with E-state index in [0.717, 1.165) is 11.3 Å². The predicted octanol–water partition coefficient (Wildman–Crippen LogP) is 2.39. The first-order chi connectivity index (χ1) is 14.8. The van der Waals surface area contributed by atoms with Crippen LogP contribution in [0.15, 0.2) is 24.3 Å². The molecule has 3 heterocycles. The van der Waals surface area contributed by atoms with Gasteiger partial charge in [-0.15, -0.1) is 10.2 Å². The van der Waals surface area contributed by atoms with Crippen LogP contribution in [0.3, 0.4) is 0 Å². The molecule has 166 valence electrons. The lowest BCUT2D eigenvalue weighted by Crippen LogP contribution is -2.46. The molecule has 2 amide bonds. The van der Waals surface area contributed by atoms with E-state index in [0.29, 0.717) is 35.0 Å². The van der Waals surface area contributed by atoms with Gasteiger partial charge in [0.2, 0.25) is 21.8 Å². The molecule has 0 unspecified atom stereocenters. The zero-order valence-corrected chi connectivity index (χ0v) is 18.5. The third-order valence-electron chi connectivity index (χ3n) is 5.63. The maximum Gasteiger partial charge on any atom is 0.229 e. The summed E-state index contributed by atoms with van der Waals surface area (Å²) >= 11 is 1.27. The van der Waals surface area contributed by atoms with Gasteiger partial charge in [0.1, 0.15) is 10.8 Å². The molecule has 8 nitrogen and oxygen atoms in total. The molecule has 31 heavy (non-hydrogen) atoms. The van der Waals surface area contributed by atoms with Crippen LogP contribution in [-0.2, 0) is 19.6 Å². The Morgan fingerprint density at radius 3 is 2.58 bits per heavy atom. The van der Waals surface area contributed by atoms with E-state index in [4.69, 9.17) is 0 Å². The second-order valence-electron chi connectivity index (χ2n) is 7.73. The number of amides is 2. The Balaban J connectivity index is 1.43. The number of rotatable bonds is 6. The van der Waals surface area contributed by atoms with Crippen molar-refractivity contribution in [2.45, 2.75) is 38.0 Å². The number of benzene rings is 1. The fourth-order valence-corrected chi connectivity index (χ4v) is 6.41. The molecular formula is C20H23FN4O4S2. The highest BCUT2D eigenvalue weighted by Gasteiger charge is 2.33. The molecule has 2 aromatic rings. The van der Waals surface area contributed by atoms with Gasteiger partial charge < -0.3 is 0 Å². The molecule has 0 aliphatic carbocycles. The Hall–Kier alpha value is -2.24. The predicted molar refractivity (Wildman–Crippen MR) is 113 cm³/mol. The van der Waals surface area contributed by atoms with Crippen molar-refractivity contribution in [2.75, 3.05) is 25.4 Å². The molecule has 2 saturated heterocycles. The van der Waals surface area contributed by atoms with Crippen LogP contribution in [0.5, 0.6) is 0 Å². The van der Waals surface area contributed by atoms with Crippen molar-refractivity contribution in [1.82, 2.24) is 19.4 Å². The van der Waals surface area contributed by atoms with E-state index in [2.05, 4.69) is 10.2 Å². The molecule has 0 saturated carbocycles. The number of carbonyl (C=O) groups is 2. The summed E-state index contributed by atoms with van der Waals surface area (Å²) in [4.78, 5) is 24.9. The van der Waals surface area contributed by atoms with E-state index >= 15 is 0 Å². The van der Waals surface area contributed by atoms with Crippen LogP contribution < -0.4 is 0 Å². The molecule has 11 heteroatoms. The van der Waals surface area contributed by atoms with Crippen molar-refractivity contribution in [2.24, 2.45) is 0 Å². The number of nitrogens with zero attached hydrogens (tertiary/aromatic N) is 4. The SMILES string of the molecule is O=C1CCCC(=O)N1CCS(=O)(=O)N1CCC[C@@H](c2nnc(-c3ccccc3F)s2)C1. The van der Waals surface area contributed by atoms with Gasteiger partial charge in [-0.3, -0.25) is 14.5 Å². The largest absolute Gasteiger partial charge is 0.282 e. The van der Waals surface area contributed by atoms with E-state index in [-0.39, 0.29) is 55.2 Å². The Morgan fingerprint density at radius 2 is 1.84 bits per heavy atom. The van der Waals surface area contributed by atoms with E-state index in [9.17, 15) is 22.4 Å². The quantitative estimate of drug-likeness (QED) is 0.606. The van der Waals surface area contributed by atoms with Crippen molar-refractivity contribution in [1.29, 1.82) is 0 Å². The highest BCUT2D eigenvalue weighted by molar-refractivity contribution is 7.89. The second kappa shape index (κ2) is 9.09. The Kier molecular flexibility index (Phi) is 6.44. The highest BCUT2D eigenvalue weighted by Crippen LogP contribution is 2.34. The number of halogens is 1. The Bertz CT molecular complexity index is 1070. The summed E-state index contributed by atoms with van der Waals surface area (Å²) < 4.78 is 41.2. The average Bonchev–Trinajstić information content (AvgIpc) is 3.24. The Morgan fingerprint density at radius 1 is 1.10 bits per heavy atom. The van der Waals surface area contributed by atoms with Crippen LogP contribution in [-0.4, -0.2) is 65.0 Å². The number of likely N-dealkylation sites (tertiary alicyclic amines) is 1. The maximum atomic E-state index is 14.0. The van der Waals surface area contributed by atoms with Crippen molar-refractivity contribution >= 4 is 33.2 Å². The number of carbonyl (C=O) groups excluding carboxylic acids is 2. The van der Waals surface area contributed by atoms with E-state index in [1.165, 1.54) is 21.7 Å². The van der Waals surface area contributed by atoms with Gasteiger partial charge in [-0.2, -0.15) is 0 Å². The molecule has 0 bridgehead atoms. The average molecular weight is 467 g/mol. The molecule has 2 aliphatic heterocycles. The first-order valence-electron chi connectivity index (χ1n) is 10.2. The van der Waals surface area contributed by atoms with Crippen molar-refractivity contribution in [3.63, 3.8) is 0 Å². The van der Waals surface area contributed by atoms with Gasteiger partial charge in [-0.05, 0) is 31.4 Å². The first kappa shape index (κ1) is 22.0. The lowest BCUT2D eigenvalue weighted by molar-refractivity contribution is -0.147. The minimum absolute atomic E-state index is 0.114. The summed E-state index contributed by atoms with van der Waals surface area (Å²) in [5.74, 6) is -1.40. The van der Waals surface area contributed by atoms with Crippen LogP contribution in [0, 0.1) is 5.82 Å². The van der Waals surface area contributed by atoms with E-state index in [1.54, 1.807) is 18.2 Å². The van der Waals surface area contributed by atoms with Crippen LogP contribution in [0.25, 0.3) is 10.6 Å². The monoisotopic (exact) mass is 466 g/mol. The lowest BCUT2D eigenvalue weighted by Gasteiger charge is -2.32. The summed E-state index contributed by atoms with van der Waals surface area (Å²) in [5, 5.41) is 9.45. The molecule has 0 radical (unpaired) electrons. The van der Waals surface area contributed by atoms with Crippen molar-refractivity contribution in [3.8, 4) is 10.6 Å². The minimum Gasteiger partial charge on any atom is -0.282 e. The minimum atomic E-state index is -3.64. The number of piperidine rings is 2. The van der Waals surface area contributed by atoms with Gasteiger partial charge in [-0.25, -0.2) is 17.1 Å². The topological polar surface area (TPSA) is 101 Å². The molecule has 4 rings (SSSR count). The zero-order valence-electron chi connectivity index (χ0n) is 16.9. The second-order valence-corrected chi connectivity index (χ2v) is 10.8. The lowest BCUT2D eigenvalue weighted by atomic mass is 10.0. The molecule has 1 aromatic carbocycles. The molecule has 2 aliphatic rings. The van der Waals surface area contributed by atoms with Crippen LogP contribution in [0.2, 0.25) is 0 Å². The highest BCUT2D eigenvalue weighted by atomic mass is 32.2. The molecule has 1 atom stereocenters. The maximum absolute atomic E-state index is 14.0.